The highest BCUT2D eigenvalue weighted by Crippen LogP contribution is 2.44. The van der Waals surface area contributed by atoms with Gasteiger partial charge in [-0.3, -0.25) is 4.90 Å². The lowest BCUT2D eigenvalue weighted by atomic mass is 9.68. The molecule has 1 aromatic carbocycles. The van der Waals surface area contributed by atoms with Gasteiger partial charge in [-0.15, -0.1) is 0 Å². The molecule has 2 N–H and O–H groups in total. The molecule has 3 aliphatic rings. The van der Waals surface area contributed by atoms with E-state index < -0.39 is 11.9 Å². The summed E-state index contributed by atoms with van der Waals surface area (Å²) in [7, 11) is 0. The molecule has 0 spiro atoms. The highest BCUT2D eigenvalue weighted by molar-refractivity contribution is 6.30. The Bertz CT molecular complexity index is 997. The van der Waals surface area contributed by atoms with Crippen LogP contribution < -0.4 is 5.73 Å². The molecule has 2 heterocycles. The molecule has 1 aliphatic heterocycles. The van der Waals surface area contributed by atoms with Crippen molar-refractivity contribution in [2.24, 2.45) is 5.73 Å². The number of fused-ring (bicyclic) bond motifs is 1. The molecule has 2 aliphatic carbocycles. The lowest BCUT2D eigenvalue weighted by Gasteiger charge is -2.44. The molecular formula is C24H28ClF3N4. The minimum Gasteiger partial charge on any atom is -0.330 e. The summed E-state index contributed by atoms with van der Waals surface area (Å²) in [5.74, 6) is 0.471. The van der Waals surface area contributed by atoms with Gasteiger partial charge in [0, 0.05) is 47.6 Å². The zero-order valence-electron chi connectivity index (χ0n) is 18.0. The molecule has 5 rings (SSSR count). The number of hydrogen-bond acceptors (Lipinski definition) is 4. The first-order valence-electron chi connectivity index (χ1n) is 11.5. The third-order valence-electron chi connectivity index (χ3n) is 7.58. The first-order chi connectivity index (χ1) is 15.3. The van der Waals surface area contributed by atoms with Crippen LogP contribution in [0.25, 0.3) is 0 Å². The lowest BCUT2D eigenvalue weighted by molar-refractivity contribution is -0.142. The standard InChI is InChI=1S/C24H28ClF3N4/c25-17-3-1-2-16(12-17)23(14-29)9-6-18(7-10-23)32-11-8-19-20(13-32)30-22(15-4-5-15)31-21(19)24(26,27)28/h1-3,12,15,18H,4-11,13-14,29H2. The number of rotatable bonds is 4. The summed E-state index contributed by atoms with van der Waals surface area (Å²) in [5, 5.41) is 0.719. The van der Waals surface area contributed by atoms with Gasteiger partial charge in [-0.25, -0.2) is 9.97 Å². The van der Waals surface area contributed by atoms with Crippen molar-refractivity contribution in [3.05, 3.63) is 57.6 Å². The number of nitrogens with zero attached hydrogens (tertiary/aromatic N) is 3. The largest absolute Gasteiger partial charge is 0.433 e. The van der Waals surface area contributed by atoms with Gasteiger partial charge >= 0.3 is 6.18 Å². The Morgan fingerprint density at radius 3 is 2.50 bits per heavy atom. The molecule has 2 aromatic rings. The summed E-state index contributed by atoms with van der Waals surface area (Å²) in [6, 6.07) is 8.29. The molecule has 0 amide bonds. The molecule has 2 saturated carbocycles. The minimum atomic E-state index is -4.43. The van der Waals surface area contributed by atoms with Crippen LogP contribution in [0.2, 0.25) is 5.02 Å². The first-order valence-corrected chi connectivity index (χ1v) is 11.8. The van der Waals surface area contributed by atoms with E-state index in [1.165, 1.54) is 5.56 Å². The monoisotopic (exact) mass is 464 g/mol. The van der Waals surface area contributed by atoms with Crippen LogP contribution in [0.3, 0.4) is 0 Å². The Morgan fingerprint density at radius 2 is 1.88 bits per heavy atom. The predicted octanol–water partition coefficient (Wildman–Crippen LogP) is 5.22. The Hall–Kier alpha value is -1.70. The average Bonchev–Trinajstić information content (AvgIpc) is 3.63. The van der Waals surface area contributed by atoms with Crippen LogP contribution in [0.1, 0.15) is 72.8 Å². The highest BCUT2D eigenvalue weighted by Gasteiger charge is 2.42. The highest BCUT2D eigenvalue weighted by atomic mass is 35.5. The quantitative estimate of drug-likeness (QED) is 0.673. The van der Waals surface area contributed by atoms with Crippen LogP contribution in [0.4, 0.5) is 13.2 Å². The van der Waals surface area contributed by atoms with Crippen molar-refractivity contribution in [3.63, 3.8) is 0 Å². The van der Waals surface area contributed by atoms with Crippen LogP contribution in [-0.4, -0.2) is 34.0 Å². The normalized spacial score (nSPS) is 26.7. The number of alkyl halides is 3. The molecule has 8 heteroatoms. The van der Waals surface area contributed by atoms with Crippen LogP contribution in [-0.2, 0) is 24.6 Å². The SMILES string of the molecule is NCC1(c2cccc(Cl)c2)CCC(N2CCc3c(nc(C4CC4)nc3C(F)(F)F)C2)CC1. The van der Waals surface area contributed by atoms with E-state index in [1.54, 1.807) is 0 Å². The molecule has 0 atom stereocenters. The molecule has 0 radical (unpaired) electrons. The smallest absolute Gasteiger partial charge is 0.330 e. The Labute approximate surface area is 191 Å². The van der Waals surface area contributed by atoms with Gasteiger partial charge in [0.1, 0.15) is 5.82 Å². The van der Waals surface area contributed by atoms with E-state index in [2.05, 4.69) is 20.9 Å². The lowest BCUT2D eigenvalue weighted by Crippen LogP contribution is -2.47. The second kappa shape index (κ2) is 8.26. The fraction of sp³-hybridized carbons (Fsp3) is 0.583. The maximum absolute atomic E-state index is 13.7. The minimum absolute atomic E-state index is 0.0835. The maximum atomic E-state index is 13.7. The van der Waals surface area contributed by atoms with E-state index in [1.807, 2.05) is 18.2 Å². The first kappa shape index (κ1) is 22.1. The zero-order chi connectivity index (χ0) is 22.5. The van der Waals surface area contributed by atoms with Crippen molar-refractivity contribution >= 4 is 11.6 Å². The molecule has 0 bridgehead atoms. The number of halogens is 4. The average molecular weight is 465 g/mol. The van der Waals surface area contributed by atoms with Crippen molar-refractivity contribution < 1.29 is 13.2 Å². The summed E-state index contributed by atoms with van der Waals surface area (Å²) in [4.78, 5) is 10.9. The topological polar surface area (TPSA) is 55.0 Å². The molecule has 32 heavy (non-hydrogen) atoms. The fourth-order valence-electron chi connectivity index (χ4n) is 5.49. The second-order valence-corrected chi connectivity index (χ2v) is 10.0. The summed E-state index contributed by atoms with van der Waals surface area (Å²) >= 11 is 6.22. The predicted molar refractivity (Wildman–Crippen MR) is 118 cm³/mol. The number of hydrogen-bond donors (Lipinski definition) is 1. The van der Waals surface area contributed by atoms with Crippen LogP contribution in [0.15, 0.2) is 24.3 Å². The molecule has 0 unspecified atom stereocenters. The Morgan fingerprint density at radius 1 is 1.12 bits per heavy atom. The van der Waals surface area contributed by atoms with Crippen molar-refractivity contribution in [2.75, 3.05) is 13.1 Å². The van der Waals surface area contributed by atoms with Gasteiger partial charge in [0.25, 0.3) is 0 Å². The van der Waals surface area contributed by atoms with Crippen molar-refractivity contribution in [1.29, 1.82) is 0 Å². The van der Waals surface area contributed by atoms with Gasteiger partial charge in [0.05, 0.1) is 5.69 Å². The van der Waals surface area contributed by atoms with Crippen molar-refractivity contribution in [2.45, 2.75) is 75.0 Å². The molecular weight excluding hydrogens is 437 g/mol. The third kappa shape index (κ3) is 4.15. The summed E-state index contributed by atoms with van der Waals surface area (Å²) in [6.45, 7) is 1.65. The molecule has 4 nitrogen and oxygen atoms in total. The van der Waals surface area contributed by atoms with E-state index >= 15 is 0 Å². The van der Waals surface area contributed by atoms with E-state index in [-0.39, 0.29) is 11.3 Å². The van der Waals surface area contributed by atoms with Gasteiger partial charge in [-0.2, -0.15) is 13.2 Å². The molecule has 1 aromatic heterocycles. The Kier molecular flexibility index (Phi) is 5.71. The van der Waals surface area contributed by atoms with Gasteiger partial charge in [0.2, 0.25) is 0 Å². The zero-order valence-corrected chi connectivity index (χ0v) is 18.7. The summed E-state index contributed by atoms with van der Waals surface area (Å²) in [5.41, 5.74) is 7.50. The van der Waals surface area contributed by atoms with Crippen molar-refractivity contribution in [3.8, 4) is 0 Å². The van der Waals surface area contributed by atoms with Gasteiger partial charge in [-0.05, 0) is 62.6 Å². The van der Waals surface area contributed by atoms with E-state index in [4.69, 9.17) is 17.3 Å². The third-order valence-corrected chi connectivity index (χ3v) is 7.81. The summed E-state index contributed by atoms with van der Waals surface area (Å²) < 4.78 is 41.0. The maximum Gasteiger partial charge on any atom is 0.433 e. The van der Waals surface area contributed by atoms with Crippen molar-refractivity contribution in [1.82, 2.24) is 14.9 Å². The second-order valence-electron chi connectivity index (χ2n) is 9.57. The van der Waals surface area contributed by atoms with Crippen LogP contribution >= 0.6 is 11.6 Å². The number of aromatic nitrogens is 2. The fourth-order valence-corrected chi connectivity index (χ4v) is 5.68. The van der Waals surface area contributed by atoms with Crippen LogP contribution in [0.5, 0.6) is 0 Å². The molecule has 0 saturated heterocycles. The molecule has 172 valence electrons. The number of benzene rings is 1. The van der Waals surface area contributed by atoms with Gasteiger partial charge < -0.3 is 5.73 Å². The van der Waals surface area contributed by atoms with Gasteiger partial charge in [-0.1, -0.05) is 23.7 Å². The van der Waals surface area contributed by atoms with E-state index in [0.29, 0.717) is 49.2 Å². The van der Waals surface area contributed by atoms with Crippen LogP contribution in [0, 0.1) is 0 Å². The van der Waals surface area contributed by atoms with E-state index in [9.17, 15) is 13.2 Å². The summed E-state index contributed by atoms with van der Waals surface area (Å²) in [6.07, 6.45) is 1.51. The van der Waals surface area contributed by atoms with Gasteiger partial charge in [0.15, 0.2) is 5.69 Å². The van der Waals surface area contributed by atoms with E-state index in [0.717, 1.165) is 43.5 Å². The number of nitrogens with two attached hydrogens (primary N) is 1. The Balaban J connectivity index is 1.34. The molecule has 2 fully saturated rings.